The lowest BCUT2D eigenvalue weighted by atomic mass is 10.0. The number of ether oxygens (including phenoxy) is 1. The number of carbonyl (C=O) groups excluding carboxylic acids is 1. The van der Waals surface area contributed by atoms with Crippen LogP contribution in [0, 0.1) is 6.92 Å². The zero-order valence-electron chi connectivity index (χ0n) is 21.0. The first-order valence-electron chi connectivity index (χ1n) is 12.5. The Labute approximate surface area is 222 Å². The van der Waals surface area contributed by atoms with E-state index in [1.54, 1.807) is 16.8 Å². The zero-order chi connectivity index (χ0) is 26.7. The molecule has 2 aliphatic rings. The molecule has 1 aromatic carbocycles. The Morgan fingerprint density at radius 1 is 1.16 bits per heavy atom. The third-order valence-corrected chi connectivity index (χ3v) is 8.00. The summed E-state index contributed by atoms with van der Waals surface area (Å²) in [5.41, 5.74) is 0.202. The van der Waals surface area contributed by atoms with Gasteiger partial charge in [0.15, 0.2) is 0 Å². The Bertz CT molecular complexity index is 1190. The van der Waals surface area contributed by atoms with Crippen molar-refractivity contribution in [2.75, 3.05) is 38.7 Å². The quantitative estimate of drug-likeness (QED) is 0.513. The van der Waals surface area contributed by atoms with Gasteiger partial charge in [-0.25, -0.2) is 0 Å². The number of anilines is 1. The summed E-state index contributed by atoms with van der Waals surface area (Å²) >= 11 is 3.45. The molecular weight excluding hydrogens is 553 g/mol. The molecule has 2 aromatic rings. The van der Waals surface area contributed by atoms with Gasteiger partial charge in [-0.1, -0.05) is 12.1 Å². The Morgan fingerprint density at radius 3 is 2.49 bits per heavy atom. The molecule has 0 aliphatic carbocycles. The average Bonchev–Trinajstić information content (AvgIpc) is 2.87. The standard InChI is InChI=1S/C26H32BrF3N4O3/c1-16-17(4-3-5-21(16)26(28,29)30)14-31-24(35)20-15-34(19-8-12-37-13-9-19)25(36)22(27)23(20)32-18-6-10-33(2)11-7-18/h3-5,15,18-19,32H,6-14H2,1-2H3,(H,31,35). The molecular formula is C26H32BrF3N4O3. The highest BCUT2D eigenvalue weighted by Gasteiger charge is 2.33. The van der Waals surface area contributed by atoms with Crippen LogP contribution in [-0.4, -0.2) is 54.8 Å². The van der Waals surface area contributed by atoms with E-state index < -0.39 is 17.6 Å². The molecule has 0 saturated carbocycles. The van der Waals surface area contributed by atoms with Gasteiger partial charge in [-0.3, -0.25) is 9.59 Å². The summed E-state index contributed by atoms with van der Waals surface area (Å²) in [5, 5.41) is 6.19. The van der Waals surface area contributed by atoms with Crippen molar-refractivity contribution in [2.24, 2.45) is 0 Å². The van der Waals surface area contributed by atoms with Crippen LogP contribution in [0.15, 0.2) is 33.7 Å². The van der Waals surface area contributed by atoms with Gasteiger partial charge in [0.1, 0.15) is 4.47 Å². The number of halogens is 4. The molecule has 3 heterocycles. The number of carbonyl (C=O) groups is 1. The number of likely N-dealkylation sites (tertiary alicyclic amines) is 1. The van der Waals surface area contributed by atoms with Crippen LogP contribution in [0.2, 0.25) is 0 Å². The van der Waals surface area contributed by atoms with E-state index >= 15 is 0 Å². The van der Waals surface area contributed by atoms with Crippen LogP contribution < -0.4 is 16.2 Å². The predicted octanol–water partition coefficient (Wildman–Crippen LogP) is 4.73. The molecule has 0 atom stereocenters. The van der Waals surface area contributed by atoms with Gasteiger partial charge in [-0.05, 0) is 85.9 Å². The molecule has 202 valence electrons. The van der Waals surface area contributed by atoms with E-state index in [0.717, 1.165) is 32.0 Å². The van der Waals surface area contributed by atoms with Crippen molar-refractivity contribution >= 4 is 27.5 Å². The smallest absolute Gasteiger partial charge is 0.381 e. The van der Waals surface area contributed by atoms with Crippen LogP contribution in [0.5, 0.6) is 0 Å². The molecule has 2 fully saturated rings. The summed E-state index contributed by atoms with van der Waals surface area (Å²) in [6.45, 7) is 4.17. The molecule has 1 amide bonds. The number of piperidine rings is 1. The van der Waals surface area contributed by atoms with Crippen molar-refractivity contribution < 1.29 is 22.7 Å². The van der Waals surface area contributed by atoms with Gasteiger partial charge in [0.25, 0.3) is 11.5 Å². The van der Waals surface area contributed by atoms with Crippen LogP contribution in [0.4, 0.5) is 18.9 Å². The summed E-state index contributed by atoms with van der Waals surface area (Å²) in [6.07, 6.45) is 0.123. The maximum atomic E-state index is 13.5. The highest BCUT2D eigenvalue weighted by atomic mass is 79.9. The summed E-state index contributed by atoms with van der Waals surface area (Å²) in [6, 6.07) is 3.93. The number of hydrogen-bond donors (Lipinski definition) is 2. The summed E-state index contributed by atoms with van der Waals surface area (Å²) in [5.74, 6) is -0.464. The molecule has 2 saturated heterocycles. The lowest BCUT2D eigenvalue weighted by Crippen LogP contribution is -2.38. The Hall–Kier alpha value is -2.37. The Balaban J connectivity index is 1.64. The number of aromatic nitrogens is 1. The Morgan fingerprint density at radius 2 is 1.84 bits per heavy atom. The number of nitrogens with zero attached hydrogens (tertiary/aromatic N) is 2. The minimum Gasteiger partial charge on any atom is -0.381 e. The second-order valence-corrected chi connectivity index (χ2v) is 10.6. The fraction of sp³-hybridized carbons (Fsp3) is 0.538. The van der Waals surface area contributed by atoms with E-state index in [4.69, 9.17) is 4.74 Å². The molecule has 1 aromatic heterocycles. The average molecular weight is 585 g/mol. The first kappa shape index (κ1) is 27.7. The molecule has 2 N–H and O–H groups in total. The van der Waals surface area contributed by atoms with Gasteiger partial charge in [0.05, 0.1) is 16.8 Å². The van der Waals surface area contributed by atoms with E-state index in [9.17, 15) is 22.8 Å². The van der Waals surface area contributed by atoms with Crippen LogP contribution in [0.3, 0.4) is 0 Å². The summed E-state index contributed by atoms with van der Waals surface area (Å²) in [4.78, 5) is 29.0. The largest absolute Gasteiger partial charge is 0.416 e. The SMILES string of the molecule is Cc1c(CNC(=O)c2cn(C3CCOCC3)c(=O)c(Br)c2NC2CCN(C)CC2)cccc1C(F)(F)F. The number of benzene rings is 1. The normalized spacial score (nSPS) is 18.1. The maximum Gasteiger partial charge on any atom is 0.416 e. The molecule has 0 radical (unpaired) electrons. The molecule has 0 unspecified atom stereocenters. The lowest BCUT2D eigenvalue weighted by Gasteiger charge is -2.31. The zero-order valence-corrected chi connectivity index (χ0v) is 22.5. The van der Waals surface area contributed by atoms with Crippen molar-refractivity contribution in [2.45, 2.75) is 57.4 Å². The van der Waals surface area contributed by atoms with Crippen LogP contribution in [0.1, 0.15) is 58.8 Å². The minimum atomic E-state index is -4.47. The third kappa shape index (κ3) is 6.38. The molecule has 0 spiro atoms. The number of nitrogens with one attached hydrogen (secondary N) is 2. The number of rotatable bonds is 6. The first-order valence-corrected chi connectivity index (χ1v) is 13.3. The number of pyridine rings is 1. The van der Waals surface area contributed by atoms with E-state index in [2.05, 4.69) is 38.5 Å². The van der Waals surface area contributed by atoms with Gasteiger partial charge in [-0.2, -0.15) is 13.2 Å². The highest BCUT2D eigenvalue weighted by molar-refractivity contribution is 9.10. The monoisotopic (exact) mass is 584 g/mol. The minimum absolute atomic E-state index is 0.0732. The predicted molar refractivity (Wildman–Crippen MR) is 139 cm³/mol. The molecule has 2 aliphatic heterocycles. The van der Waals surface area contributed by atoms with Gasteiger partial charge >= 0.3 is 6.18 Å². The molecule has 4 rings (SSSR count). The Kier molecular flexibility index (Phi) is 8.65. The molecule has 11 heteroatoms. The summed E-state index contributed by atoms with van der Waals surface area (Å²) < 4.78 is 47.3. The third-order valence-electron chi connectivity index (χ3n) is 7.27. The van der Waals surface area contributed by atoms with Gasteiger partial charge in [0.2, 0.25) is 0 Å². The van der Waals surface area contributed by atoms with Crippen LogP contribution in [0.25, 0.3) is 0 Å². The van der Waals surface area contributed by atoms with Crippen molar-refractivity contribution in [3.05, 3.63) is 61.5 Å². The topological polar surface area (TPSA) is 75.6 Å². The van der Waals surface area contributed by atoms with Crippen molar-refractivity contribution in [3.63, 3.8) is 0 Å². The number of amides is 1. The van der Waals surface area contributed by atoms with Crippen molar-refractivity contribution in [3.8, 4) is 0 Å². The first-order chi connectivity index (χ1) is 17.6. The van der Waals surface area contributed by atoms with E-state index in [0.29, 0.717) is 37.3 Å². The van der Waals surface area contributed by atoms with Gasteiger partial charge in [0, 0.05) is 38.0 Å². The number of alkyl halides is 3. The second-order valence-electron chi connectivity index (χ2n) is 9.78. The molecule has 7 nitrogen and oxygen atoms in total. The number of hydrogen-bond acceptors (Lipinski definition) is 5. The van der Waals surface area contributed by atoms with Crippen molar-refractivity contribution in [1.29, 1.82) is 0 Å². The van der Waals surface area contributed by atoms with Gasteiger partial charge in [-0.15, -0.1) is 0 Å². The van der Waals surface area contributed by atoms with E-state index in [1.165, 1.54) is 13.0 Å². The van der Waals surface area contributed by atoms with E-state index in [-0.39, 0.29) is 39.8 Å². The maximum absolute atomic E-state index is 13.5. The van der Waals surface area contributed by atoms with E-state index in [1.807, 2.05) is 0 Å². The van der Waals surface area contributed by atoms with Crippen LogP contribution >= 0.6 is 15.9 Å². The van der Waals surface area contributed by atoms with Gasteiger partial charge < -0.3 is 24.8 Å². The van der Waals surface area contributed by atoms with Crippen LogP contribution in [-0.2, 0) is 17.5 Å². The fourth-order valence-corrected chi connectivity index (χ4v) is 5.49. The molecule has 37 heavy (non-hydrogen) atoms. The highest BCUT2D eigenvalue weighted by Crippen LogP contribution is 2.33. The second kappa shape index (κ2) is 11.6. The fourth-order valence-electron chi connectivity index (χ4n) is 4.96. The lowest BCUT2D eigenvalue weighted by molar-refractivity contribution is -0.138. The summed E-state index contributed by atoms with van der Waals surface area (Å²) in [7, 11) is 2.05. The van der Waals surface area contributed by atoms with Crippen molar-refractivity contribution in [1.82, 2.24) is 14.8 Å². The molecule has 0 bridgehead atoms.